The Morgan fingerprint density at radius 2 is 1.62 bits per heavy atom. The predicted octanol–water partition coefficient (Wildman–Crippen LogP) is 5.87. The van der Waals surface area contributed by atoms with E-state index in [1.165, 1.54) is 12.1 Å². The average Bonchev–Trinajstić information content (AvgIpc) is 2.73. The minimum Gasteiger partial charge on any atom is -0.480 e. The quantitative estimate of drug-likeness (QED) is 0.205. The van der Waals surface area contributed by atoms with Gasteiger partial charge in [-0.25, -0.2) is 4.79 Å². The van der Waals surface area contributed by atoms with Crippen LogP contribution in [0.3, 0.4) is 0 Å². The summed E-state index contributed by atoms with van der Waals surface area (Å²) in [5.41, 5.74) is 1.42. The number of carbonyl (C=O) groups is 2. The van der Waals surface area contributed by atoms with E-state index < -0.39 is 5.97 Å². The van der Waals surface area contributed by atoms with Crippen molar-refractivity contribution in [3.8, 4) is 11.5 Å². The van der Waals surface area contributed by atoms with Crippen LogP contribution in [0.5, 0.6) is 11.5 Å². The van der Waals surface area contributed by atoms with Crippen molar-refractivity contribution in [2.45, 2.75) is 0 Å². The zero-order chi connectivity index (χ0) is 20.6. The van der Waals surface area contributed by atoms with Gasteiger partial charge in [-0.05, 0) is 42.0 Å². The Bertz CT molecular complexity index is 1030. The van der Waals surface area contributed by atoms with E-state index in [9.17, 15) is 9.59 Å². The monoisotopic (exact) mass is 426 g/mol. The van der Waals surface area contributed by atoms with Crippen molar-refractivity contribution in [3.63, 3.8) is 0 Å². The number of ether oxygens (including phenoxy) is 2. The zero-order valence-corrected chi connectivity index (χ0v) is 16.7. The van der Waals surface area contributed by atoms with Crippen molar-refractivity contribution in [2.24, 2.45) is 0 Å². The molecular formula is C23H16Cl2O4. The summed E-state index contributed by atoms with van der Waals surface area (Å²) in [5, 5.41) is 0.788. The second kappa shape index (κ2) is 9.92. The van der Waals surface area contributed by atoms with Crippen molar-refractivity contribution < 1.29 is 19.1 Å². The van der Waals surface area contributed by atoms with Gasteiger partial charge in [-0.3, -0.25) is 4.79 Å². The molecule has 0 fully saturated rings. The molecule has 3 aromatic carbocycles. The molecule has 0 unspecified atom stereocenters. The normalized spacial score (nSPS) is 10.7. The number of esters is 1. The summed E-state index contributed by atoms with van der Waals surface area (Å²) in [6.45, 7) is -0.297. The molecule has 0 aliphatic rings. The Kier molecular flexibility index (Phi) is 7.06. The molecule has 0 atom stereocenters. The first-order valence-electron chi connectivity index (χ1n) is 8.67. The summed E-state index contributed by atoms with van der Waals surface area (Å²) < 4.78 is 10.6. The third-order valence-corrected chi connectivity index (χ3v) is 4.37. The maximum absolute atomic E-state index is 12.1. The van der Waals surface area contributed by atoms with Crippen molar-refractivity contribution in [1.29, 1.82) is 0 Å². The van der Waals surface area contributed by atoms with Crippen molar-refractivity contribution in [2.75, 3.05) is 6.61 Å². The van der Waals surface area contributed by atoms with Gasteiger partial charge in [0.2, 0.25) is 0 Å². The molecule has 0 heterocycles. The SMILES string of the molecule is O=C(COc1ccc(Cl)cc1Cl)Oc1ccc(C=CC(=O)c2ccccc2)cc1. The van der Waals surface area contributed by atoms with Crippen LogP contribution in [0, 0.1) is 0 Å². The first kappa shape index (κ1) is 20.6. The van der Waals surface area contributed by atoms with E-state index in [0.717, 1.165) is 5.56 Å². The van der Waals surface area contributed by atoms with Gasteiger partial charge in [-0.2, -0.15) is 0 Å². The predicted molar refractivity (Wildman–Crippen MR) is 114 cm³/mol. The molecule has 0 aliphatic heterocycles. The van der Waals surface area contributed by atoms with Gasteiger partial charge in [0.05, 0.1) is 5.02 Å². The Morgan fingerprint density at radius 1 is 0.897 bits per heavy atom. The maximum Gasteiger partial charge on any atom is 0.349 e. The summed E-state index contributed by atoms with van der Waals surface area (Å²) in [6, 6.07) is 20.5. The topological polar surface area (TPSA) is 52.6 Å². The van der Waals surface area contributed by atoms with Crippen LogP contribution in [0.1, 0.15) is 15.9 Å². The molecule has 29 heavy (non-hydrogen) atoms. The van der Waals surface area contributed by atoms with Crippen LogP contribution in [-0.2, 0) is 4.79 Å². The van der Waals surface area contributed by atoms with Crippen molar-refractivity contribution >= 4 is 41.0 Å². The second-order valence-electron chi connectivity index (χ2n) is 5.97. The van der Waals surface area contributed by atoms with Crippen LogP contribution in [0.2, 0.25) is 10.0 Å². The molecule has 0 spiro atoms. The van der Waals surface area contributed by atoms with Gasteiger partial charge in [0.15, 0.2) is 12.4 Å². The first-order valence-corrected chi connectivity index (χ1v) is 9.43. The fourth-order valence-corrected chi connectivity index (χ4v) is 2.87. The molecule has 0 saturated heterocycles. The van der Waals surface area contributed by atoms with Gasteiger partial charge in [-0.15, -0.1) is 0 Å². The molecule has 0 aliphatic carbocycles. The largest absolute Gasteiger partial charge is 0.480 e. The van der Waals surface area contributed by atoms with E-state index in [0.29, 0.717) is 27.1 Å². The van der Waals surface area contributed by atoms with Gasteiger partial charge < -0.3 is 9.47 Å². The van der Waals surface area contributed by atoms with Crippen LogP contribution in [-0.4, -0.2) is 18.4 Å². The number of carbonyl (C=O) groups excluding carboxylic acids is 2. The van der Waals surface area contributed by atoms with Gasteiger partial charge in [-0.1, -0.05) is 71.7 Å². The Labute approximate surface area is 178 Å². The van der Waals surface area contributed by atoms with E-state index in [1.807, 2.05) is 18.2 Å². The number of ketones is 1. The van der Waals surface area contributed by atoms with Crippen LogP contribution in [0.25, 0.3) is 6.08 Å². The van der Waals surface area contributed by atoms with E-state index in [2.05, 4.69) is 0 Å². The standard InChI is InChI=1S/C23H16Cl2O4/c24-18-9-13-22(20(25)14-18)28-15-23(27)29-19-10-6-16(7-11-19)8-12-21(26)17-4-2-1-3-5-17/h1-14H,15H2. The van der Waals surface area contributed by atoms with E-state index in [1.54, 1.807) is 54.6 Å². The molecule has 6 heteroatoms. The smallest absolute Gasteiger partial charge is 0.349 e. The van der Waals surface area contributed by atoms with Crippen molar-refractivity contribution in [1.82, 2.24) is 0 Å². The van der Waals surface area contributed by atoms with Gasteiger partial charge in [0, 0.05) is 10.6 Å². The van der Waals surface area contributed by atoms with E-state index in [4.69, 9.17) is 32.7 Å². The molecule has 3 aromatic rings. The highest BCUT2D eigenvalue weighted by atomic mass is 35.5. The van der Waals surface area contributed by atoms with Gasteiger partial charge in [0.25, 0.3) is 0 Å². The average molecular weight is 427 g/mol. The highest BCUT2D eigenvalue weighted by Crippen LogP contribution is 2.27. The summed E-state index contributed by atoms with van der Waals surface area (Å²) in [5.74, 6) is 0.0570. The third-order valence-electron chi connectivity index (χ3n) is 3.84. The van der Waals surface area contributed by atoms with Gasteiger partial charge >= 0.3 is 5.97 Å². The molecule has 0 bridgehead atoms. The summed E-state index contributed by atoms with van der Waals surface area (Å²) in [7, 11) is 0. The van der Waals surface area contributed by atoms with E-state index >= 15 is 0 Å². The van der Waals surface area contributed by atoms with Gasteiger partial charge in [0.1, 0.15) is 11.5 Å². The lowest BCUT2D eigenvalue weighted by Gasteiger charge is -2.08. The maximum atomic E-state index is 12.1. The van der Waals surface area contributed by atoms with Crippen LogP contribution in [0.15, 0.2) is 78.9 Å². The fourth-order valence-electron chi connectivity index (χ4n) is 2.41. The molecule has 0 aromatic heterocycles. The number of halogens is 2. The molecule has 0 N–H and O–H groups in total. The Hall–Kier alpha value is -3.08. The minimum atomic E-state index is -0.571. The highest BCUT2D eigenvalue weighted by molar-refractivity contribution is 6.35. The molecular weight excluding hydrogens is 411 g/mol. The summed E-state index contributed by atoms with van der Waals surface area (Å²) in [6.07, 6.45) is 3.20. The summed E-state index contributed by atoms with van der Waals surface area (Å²) >= 11 is 11.8. The number of allylic oxidation sites excluding steroid dienone is 1. The molecule has 4 nitrogen and oxygen atoms in total. The first-order chi connectivity index (χ1) is 14.0. The lowest BCUT2D eigenvalue weighted by Crippen LogP contribution is -2.17. The molecule has 0 amide bonds. The number of benzene rings is 3. The molecule has 3 rings (SSSR count). The second-order valence-corrected chi connectivity index (χ2v) is 6.81. The Morgan fingerprint density at radius 3 is 2.31 bits per heavy atom. The number of rotatable bonds is 7. The lowest BCUT2D eigenvalue weighted by molar-refractivity contribution is -0.136. The van der Waals surface area contributed by atoms with E-state index in [-0.39, 0.29) is 12.4 Å². The third kappa shape index (κ3) is 6.21. The Balaban J connectivity index is 1.52. The minimum absolute atomic E-state index is 0.0842. The van der Waals surface area contributed by atoms with Crippen LogP contribution < -0.4 is 9.47 Å². The van der Waals surface area contributed by atoms with Crippen LogP contribution in [0.4, 0.5) is 0 Å². The molecule has 146 valence electrons. The number of hydrogen-bond acceptors (Lipinski definition) is 4. The van der Waals surface area contributed by atoms with Crippen molar-refractivity contribution in [3.05, 3.63) is 100 Å². The summed E-state index contributed by atoms with van der Waals surface area (Å²) in [4.78, 5) is 24.0. The molecule has 0 radical (unpaired) electrons. The highest BCUT2D eigenvalue weighted by Gasteiger charge is 2.09. The van der Waals surface area contributed by atoms with Crippen LogP contribution >= 0.6 is 23.2 Å². The lowest BCUT2D eigenvalue weighted by atomic mass is 10.1. The zero-order valence-electron chi connectivity index (χ0n) is 15.2. The number of hydrogen-bond donors (Lipinski definition) is 0. The fraction of sp³-hybridized carbons (Fsp3) is 0.0435. The molecule has 0 saturated carbocycles.